The SMILES string of the molecule is Nc1ccc(Cl)cc1-c1nc(Cc2ccccc2)no1. The molecule has 0 spiro atoms. The van der Waals surface area contributed by atoms with E-state index >= 15 is 0 Å². The number of nitrogens with two attached hydrogens (primary N) is 1. The van der Waals surface area contributed by atoms with E-state index in [1.807, 2.05) is 30.3 Å². The van der Waals surface area contributed by atoms with E-state index in [4.69, 9.17) is 21.9 Å². The lowest BCUT2D eigenvalue weighted by atomic mass is 10.1. The molecule has 5 heteroatoms. The normalized spacial score (nSPS) is 10.7. The van der Waals surface area contributed by atoms with Crippen LogP contribution in [0.1, 0.15) is 11.4 Å². The quantitative estimate of drug-likeness (QED) is 0.747. The van der Waals surface area contributed by atoms with Gasteiger partial charge in [0.25, 0.3) is 5.89 Å². The molecule has 0 unspecified atom stereocenters. The highest BCUT2D eigenvalue weighted by Crippen LogP contribution is 2.27. The van der Waals surface area contributed by atoms with E-state index in [0.717, 1.165) is 5.56 Å². The second kappa shape index (κ2) is 5.35. The van der Waals surface area contributed by atoms with Crippen molar-refractivity contribution in [2.24, 2.45) is 0 Å². The molecule has 0 aliphatic carbocycles. The molecule has 0 saturated heterocycles. The van der Waals surface area contributed by atoms with Gasteiger partial charge in [0, 0.05) is 17.1 Å². The van der Waals surface area contributed by atoms with Crippen molar-refractivity contribution in [3.05, 3.63) is 64.9 Å². The molecule has 4 nitrogen and oxygen atoms in total. The molecular weight excluding hydrogens is 274 g/mol. The van der Waals surface area contributed by atoms with E-state index in [2.05, 4.69) is 10.1 Å². The van der Waals surface area contributed by atoms with Crippen LogP contribution in [-0.4, -0.2) is 10.1 Å². The molecule has 1 aromatic heterocycles. The Hall–Kier alpha value is -2.33. The summed E-state index contributed by atoms with van der Waals surface area (Å²) in [4.78, 5) is 4.36. The van der Waals surface area contributed by atoms with Crippen molar-refractivity contribution in [2.75, 3.05) is 5.73 Å². The van der Waals surface area contributed by atoms with Crippen molar-refractivity contribution in [3.63, 3.8) is 0 Å². The molecule has 0 atom stereocenters. The first-order valence-electron chi connectivity index (χ1n) is 6.14. The Labute approximate surface area is 121 Å². The Morgan fingerprint density at radius 2 is 1.90 bits per heavy atom. The van der Waals surface area contributed by atoms with Gasteiger partial charge in [-0.1, -0.05) is 47.1 Å². The summed E-state index contributed by atoms with van der Waals surface area (Å²) in [6.07, 6.45) is 0.616. The molecule has 2 N–H and O–H groups in total. The van der Waals surface area contributed by atoms with Gasteiger partial charge < -0.3 is 10.3 Å². The third-order valence-corrected chi connectivity index (χ3v) is 3.15. The van der Waals surface area contributed by atoms with Crippen LogP contribution in [0.25, 0.3) is 11.5 Å². The molecule has 1 heterocycles. The summed E-state index contributed by atoms with van der Waals surface area (Å²) in [5.74, 6) is 1.00. The Bertz CT molecular complexity index is 725. The number of aromatic nitrogens is 2. The second-order valence-corrected chi connectivity index (χ2v) is 4.85. The van der Waals surface area contributed by atoms with Gasteiger partial charge in [-0.2, -0.15) is 4.98 Å². The highest BCUT2D eigenvalue weighted by atomic mass is 35.5. The zero-order valence-corrected chi connectivity index (χ0v) is 11.3. The number of nitrogen functional groups attached to an aromatic ring is 1. The summed E-state index contributed by atoms with van der Waals surface area (Å²) in [6.45, 7) is 0. The van der Waals surface area contributed by atoms with E-state index in [9.17, 15) is 0 Å². The van der Waals surface area contributed by atoms with Crippen LogP contribution in [0.3, 0.4) is 0 Å². The van der Waals surface area contributed by atoms with Crippen LogP contribution in [-0.2, 0) is 6.42 Å². The summed E-state index contributed by atoms with van der Waals surface area (Å²) in [6, 6.07) is 15.1. The smallest absolute Gasteiger partial charge is 0.260 e. The van der Waals surface area contributed by atoms with Crippen molar-refractivity contribution in [2.45, 2.75) is 6.42 Å². The van der Waals surface area contributed by atoms with E-state index in [1.165, 1.54) is 0 Å². The Morgan fingerprint density at radius 1 is 1.10 bits per heavy atom. The van der Waals surface area contributed by atoms with Gasteiger partial charge in [0.05, 0.1) is 5.56 Å². The zero-order chi connectivity index (χ0) is 13.9. The number of halogens is 1. The predicted octanol–water partition coefficient (Wildman–Crippen LogP) is 3.56. The van der Waals surface area contributed by atoms with Crippen LogP contribution < -0.4 is 5.73 Å². The van der Waals surface area contributed by atoms with Crippen molar-refractivity contribution in [1.29, 1.82) is 0 Å². The van der Waals surface area contributed by atoms with Gasteiger partial charge in [-0.05, 0) is 23.8 Å². The molecule has 2 aromatic carbocycles. The minimum absolute atomic E-state index is 0.385. The van der Waals surface area contributed by atoms with Crippen molar-refractivity contribution in [1.82, 2.24) is 10.1 Å². The number of hydrogen-bond donors (Lipinski definition) is 1. The van der Waals surface area contributed by atoms with E-state index < -0.39 is 0 Å². The first-order valence-corrected chi connectivity index (χ1v) is 6.52. The molecule has 0 amide bonds. The van der Waals surface area contributed by atoms with Crippen LogP contribution in [0.2, 0.25) is 5.02 Å². The van der Waals surface area contributed by atoms with Crippen LogP contribution in [0.5, 0.6) is 0 Å². The molecule has 0 aliphatic heterocycles. The zero-order valence-electron chi connectivity index (χ0n) is 10.6. The molecular formula is C15H12ClN3O. The highest BCUT2D eigenvalue weighted by Gasteiger charge is 2.12. The standard InChI is InChI=1S/C15H12ClN3O/c16-11-6-7-13(17)12(9-11)15-18-14(19-20-15)8-10-4-2-1-3-5-10/h1-7,9H,8,17H2. The summed E-state index contributed by atoms with van der Waals surface area (Å²) in [5, 5.41) is 4.55. The molecule has 20 heavy (non-hydrogen) atoms. The van der Waals surface area contributed by atoms with E-state index in [1.54, 1.807) is 18.2 Å². The highest BCUT2D eigenvalue weighted by molar-refractivity contribution is 6.31. The summed E-state index contributed by atoms with van der Waals surface area (Å²) in [7, 11) is 0. The first-order chi connectivity index (χ1) is 9.72. The number of nitrogens with zero attached hydrogens (tertiary/aromatic N) is 2. The Morgan fingerprint density at radius 3 is 2.70 bits per heavy atom. The molecule has 0 bridgehead atoms. The molecule has 3 rings (SSSR count). The van der Waals surface area contributed by atoms with Crippen molar-refractivity contribution >= 4 is 17.3 Å². The van der Waals surface area contributed by atoms with E-state index in [0.29, 0.717) is 34.4 Å². The molecule has 0 fully saturated rings. The predicted molar refractivity (Wildman–Crippen MR) is 78.4 cm³/mol. The molecule has 0 radical (unpaired) electrons. The summed E-state index contributed by atoms with van der Waals surface area (Å²) >= 11 is 5.96. The van der Waals surface area contributed by atoms with Crippen molar-refractivity contribution in [3.8, 4) is 11.5 Å². The van der Waals surface area contributed by atoms with Gasteiger partial charge in [-0.25, -0.2) is 0 Å². The maximum atomic E-state index is 5.96. The van der Waals surface area contributed by atoms with Gasteiger partial charge in [0.2, 0.25) is 0 Å². The Kier molecular flexibility index (Phi) is 3.39. The third-order valence-electron chi connectivity index (χ3n) is 2.92. The van der Waals surface area contributed by atoms with Crippen LogP contribution in [0, 0.1) is 0 Å². The fourth-order valence-corrected chi connectivity index (χ4v) is 2.10. The Balaban J connectivity index is 1.88. The number of rotatable bonds is 3. The second-order valence-electron chi connectivity index (χ2n) is 4.41. The van der Waals surface area contributed by atoms with Gasteiger partial charge in [0.1, 0.15) is 0 Å². The topological polar surface area (TPSA) is 64.9 Å². The van der Waals surface area contributed by atoms with Gasteiger partial charge in [-0.3, -0.25) is 0 Å². The molecule has 100 valence electrons. The lowest BCUT2D eigenvalue weighted by Gasteiger charge is -2.00. The van der Waals surface area contributed by atoms with Crippen molar-refractivity contribution < 1.29 is 4.52 Å². The minimum Gasteiger partial charge on any atom is -0.398 e. The number of anilines is 1. The van der Waals surface area contributed by atoms with Crippen LogP contribution >= 0.6 is 11.6 Å². The largest absolute Gasteiger partial charge is 0.398 e. The fraction of sp³-hybridized carbons (Fsp3) is 0.0667. The lowest BCUT2D eigenvalue weighted by Crippen LogP contribution is -1.92. The van der Waals surface area contributed by atoms with Crippen LogP contribution in [0.4, 0.5) is 5.69 Å². The first kappa shape index (κ1) is 12.7. The summed E-state index contributed by atoms with van der Waals surface area (Å²) < 4.78 is 5.26. The minimum atomic E-state index is 0.385. The van der Waals surface area contributed by atoms with E-state index in [-0.39, 0.29) is 0 Å². The van der Waals surface area contributed by atoms with Gasteiger partial charge >= 0.3 is 0 Å². The molecule has 3 aromatic rings. The molecule has 0 saturated carbocycles. The third kappa shape index (κ3) is 2.65. The number of benzene rings is 2. The summed E-state index contributed by atoms with van der Waals surface area (Å²) in [5.41, 5.74) is 8.24. The van der Waals surface area contributed by atoms with Crippen LogP contribution in [0.15, 0.2) is 53.1 Å². The molecule has 0 aliphatic rings. The average molecular weight is 286 g/mol. The van der Waals surface area contributed by atoms with Gasteiger partial charge in [-0.15, -0.1) is 0 Å². The van der Waals surface area contributed by atoms with Gasteiger partial charge in [0.15, 0.2) is 5.82 Å². The monoisotopic (exact) mass is 285 g/mol. The lowest BCUT2D eigenvalue weighted by molar-refractivity contribution is 0.424. The fourth-order valence-electron chi connectivity index (χ4n) is 1.93. The maximum Gasteiger partial charge on any atom is 0.260 e. The number of hydrogen-bond acceptors (Lipinski definition) is 4. The average Bonchev–Trinajstić information content (AvgIpc) is 2.91. The maximum absolute atomic E-state index is 5.96.